The van der Waals surface area contributed by atoms with Gasteiger partial charge in [0.15, 0.2) is 6.10 Å². The van der Waals surface area contributed by atoms with E-state index >= 15 is 0 Å². The van der Waals surface area contributed by atoms with Crippen molar-refractivity contribution >= 4 is 22.9 Å². The molecule has 2 aromatic carbocycles. The number of rotatable bonds is 3. The highest BCUT2D eigenvalue weighted by Crippen LogP contribution is 2.37. The van der Waals surface area contributed by atoms with Crippen molar-refractivity contribution in [3.8, 4) is 17.0 Å². The lowest BCUT2D eigenvalue weighted by Crippen LogP contribution is -2.41. The molecule has 1 aliphatic rings. The average molecular weight is 350 g/mol. The summed E-state index contributed by atoms with van der Waals surface area (Å²) >= 11 is 1.66. The summed E-state index contributed by atoms with van der Waals surface area (Å²) in [5.74, 6) is 0.700. The fourth-order valence-corrected chi connectivity index (χ4v) is 3.80. The number of ether oxygens (including phenoxy) is 1. The number of amides is 1. The van der Waals surface area contributed by atoms with E-state index in [0.717, 1.165) is 34.1 Å². The minimum Gasteiger partial charge on any atom is -0.479 e. The molecule has 3 aromatic rings. The molecule has 1 atom stereocenters. The maximum Gasteiger partial charge on any atom is 0.267 e. The number of thiazole rings is 1. The van der Waals surface area contributed by atoms with Gasteiger partial charge in [0.1, 0.15) is 5.75 Å². The van der Waals surface area contributed by atoms with E-state index < -0.39 is 6.10 Å². The van der Waals surface area contributed by atoms with Crippen LogP contribution in [0.4, 0.5) is 5.69 Å². The standard InChI is InChI=1S/C20H18N2O2S/c1-13-20(23)22(2)17-11-15(8-9-18(17)24-13)16-12-25-19(21-16)10-14-6-4-3-5-7-14/h3-9,11-13H,10H2,1-2H3. The molecule has 0 fully saturated rings. The van der Waals surface area contributed by atoms with Gasteiger partial charge in [0.05, 0.1) is 16.4 Å². The van der Waals surface area contributed by atoms with Gasteiger partial charge >= 0.3 is 0 Å². The molecular formula is C20H18N2O2S. The molecule has 0 saturated heterocycles. The van der Waals surface area contributed by atoms with Gasteiger partial charge in [-0.15, -0.1) is 11.3 Å². The van der Waals surface area contributed by atoms with Gasteiger partial charge in [-0.2, -0.15) is 0 Å². The molecule has 0 N–H and O–H groups in total. The van der Waals surface area contributed by atoms with Crippen molar-refractivity contribution in [3.63, 3.8) is 0 Å². The zero-order valence-electron chi connectivity index (χ0n) is 14.1. The van der Waals surface area contributed by atoms with Crippen LogP contribution in [0.2, 0.25) is 0 Å². The van der Waals surface area contributed by atoms with Crippen LogP contribution in [0.25, 0.3) is 11.3 Å². The molecule has 1 amide bonds. The molecule has 5 heteroatoms. The summed E-state index contributed by atoms with van der Waals surface area (Å²) in [6, 6.07) is 16.2. The fourth-order valence-electron chi connectivity index (χ4n) is 2.97. The van der Waals surface area contributed by atoms with E-state index in [1.54, 1.807) is 30.2 Å². The van der Waals surface area contributed by atoms with Crippen molar-refractivity contribution in [2.45, 2.75) is 19.4 Å². The van der Waals surface area contributed by atoms with E-state index in [2.05, 4.69) is 17.5 Å². The highest BCUT2D eigenvalue weighted by atomic mass is 32.1. The third kappa shape index (κ3) is 3.03. The molecule has 0 saturated carbocycles. The van der Waals surface area contributed by atoms with Crippen molar-refractivity contribution in [1.29, 1.82) is 0 Å². The normalized spacial score (nSPS) is 16.5. The van der Waals surface area contributed by atoms with E-state index in [0.29, 0.717) is 0 Å². The van der Waals surface area contributed by atoms with Crippen molar-refractivity contribution < 1.29 is 9.53 Å². The van der Waals surface area contributed by atoms with Crippen molar-refractivity contribution in [2.75, 3.05) is 11.9 Å². The van der Waals surface area contributed by atoms with Gasteiger partial charge in [-0.1, -0.05) is 30.3 Å². The molecule has 1 unspecified atom stereocenters. The first-order valence-corrected chi connectivity index (χ1v) is 9.07. The van der Waals surface area contributed by atoms with Gasteiger partial charge in [-0.3, -0.25) is 4.79 Å². The van der Waals surface area contributed by atoms with Crippen LogP contribution < -0.4 is 9.64 Å². The zero-order valence-corrected chi connectivity index (χ0v) is 14.9. The van der Waals surface area contributed by atoms with E-state index in [1.165, 1.54) is 5.56 Å². The largest absolute Gasteiger partial charge is 0.479 e. The number of hydrogen-bond acceptors (Lipinski definition) is 4. The van der Waals surface area contributed by atoms with Crippen LogP contribution in [0.15, 0.2) is 53.9 Å². The Kier molecular flexibility index (Phi) is 4.01. The lowest BCUT2D eigenvalue weighted by Gasteiger charge is -2.30. The predicted molar refractivity (Wildman–Crippen MR) is 100 cm³/mol. The van der Waals surface area contributed by atoms with Crippen LogP contribution in [-0.2, 0) is 11.2 Å². The molecule has 0 bridgehead atoms. The number of likely N-dealkylation sites (N-methyl/N-ethyl adjacent to an activating group) is 1. The van der Waals surface area contributed by atoms with E-state index in [1.807, 2.05) is 36.4 Å². The minimum atomic E-state index is -0.444. The van der Waals surface area contributed by atoms with Gasteiger partial charge < -0.3 is 9.64 Å². The van der Waals surface area contributed by atoms with Gasteiger partial charge in [0.2, 0.25) is 0 Å². The molecule has 126 valence electrons. The summed E-state index contributed by atoms with van der Waals surface area (Å²) in [7, 11) is 1.78. The minimum absolute atomic E-state index is 0.0345. The Morgan fingerprint density at radius 1 is 1.20 bits per heavy atom. The van der Waals surface area contributed by atoms with Crippen molar-refractivity contribution in [1.82, 2.24) is 4.98 Å². The Hall–Kier alpha value is -2.66. The molecule has 0 aliphatic carbocycles. The zero-order chi connectivity index (χ0) is 17.4. The van der Waals surface area contributed by atoms with Crippen LogP contribution in [0, 0.1) is 0 Å². The first kappa shape index (κ1) is 15.8. The van der Waals surface area contributed by atoms with Crippen molar-refractivity contribution in [2.24, 2.45) is 0 Å². The van der Waals surface area contributed by atoms with Crippen molar-refractivity contribution in [3.05, 3.63) is 64.5 Å². The van der Waals surface area contributed by atoms with Crippen LogP contribution >= 0.6 is 11.3 Å². The summed E-state index contributed by atoms with van der Waals surface area (Å²) < 4.78 is 5.68. The second kappa shape index (κ2) is 6.33. The number of hydrogen-bond donors (Lipinski definition) is 0. The van der Waals surface area contributed by atoms with Crippen LogP contribution in [0.1, 0.15) is 17.5 Å². The highest BCUT2D eigenvalue weighted by molar-refractivity contribution is 7.10. The number of carbonyl (C=O) groups is 1. The molecule has 4 rings (SSSR count). The quantitative estimate of drug-likeness (QED) is 0.713. The van der Waals surface area contributed by atoms with E-state index in [4.69, 9.17) is 9.72 Å². The summed E-state index contributed by atoms with van der Waals surface area (Å²) in [6.45, 7) is 1.77. The molecule has 25 heavy (non-hydrogen) atoms. The molecule has 1 aromatic heterocycles. The Morgan fingerprint density at radius 3 is 2.80 bits per heavy atom. The van der Waals surface area contributed by atoms with Crippen LogP contribution in [0.5, 0.6) is 5.75 Å². The topological polar surface area (TPSA) is 42.4 Å². The van der Waals surface area contributed by atoms with Crippen LogP contribution in [0.3, 0.4) is 0 Å². The molecular weight excluding hydrogens is 332 g/mol. The van der Waals surface area contributed by atoms with Gasteiger partial charge in [0, 0.05) is 24.4 Å². The summed E-state index contributed by atoms with van der Waals surface area (Å²) in [5, 5.41) is 3.14. The molecule has 0 spiro atoms. The first-order chi connectivity index (χ1) is 12.1. The number of aromatic nitrogens is 1. The number of carbonyl (C=O) groups excluding carboxylic acids is 1. The van der Waals surface area contributed by atoms with Gasteiger partial charge in [0.25, 0.3) is 5.91 Å². The third-order valence-corrected chi connectivity index (χ3v) is 5.20. The lowest BCUT2D eigenvalue weighted by atomic mass is 10.1. The predicted octanol–water partition coefficient (Wildman–Crippen LogP) is 4.14. The van der Waals surface area contributed by atoms with E-state index in [9.17, 15) is 4.79 Å². The second-order valence-electron chi connectivity index (χ2n) is 6.13. The van der Waals surface area contributed by atoms with Gasteiger partial charge in [-0.05, 0) is 30.7 Å². The molecule has 2 heterocycles. The lowest BCUT2D eigenvalue weighted by molar-refractivity contribution is -0.125. The first-order valence-electron chi connectivity index (χ1n) is 8.19. The number of nitrogens with zero attached hydrogens (tertiary/aromatic N) is 2. The smallest absolute Gasteiger partial charge is 0.267 e. The Bertz CT molecular complexity index is 920. The Morgan fingerprint density at radius 2 is 2.00 bits per heavy atom. The SMILES string of the molecule is CC1Oc2ccc(-c3csc(Cc4ccccc4)n3)cc2N(C)C1=O. The number of anilines is 1. The molecule has 4 nitrogen and oxygen atoms in total. The second-order valence-corrected chi connectivity index (χ2v) is 7.07. The molecule has 1 aliphatic heterocycles. The Labute approximate surface area is 150 Å². The maximum absolute atomic E-state index is 12.1. The Balaban J connectivity index is 1.62. The summed E-state index contributed by atoms with van der Waals surface area (Å²) in [6.07, 6.45) is 0.384. The fraction of sp³-hybridized carbons (Fsp3) is 0.200. The third-order valence-electron chi connectivity index (χ3n) is 4.35. The van der Waals surface area contributed by atoms with Crippen LogP contribution in [-0.4, -0.2) is 24.0 Å². The van der Waals surface area contributed by atoms with Gasteiger partial charge in [-0.25, -0.2) is 4.98 Å². The number of fused-ring (bicyclic) bond motifs is 1. The highest BCUT2D eigenvalue weighted by Gasteiger charge is 2.29. The molecule has 0 radical (unpaired) electrons. The number of benzene rings is 2. The summed E-state index contributed by atoms with van der Waals surface area (Å²) in [5.41, 5.74) is 3.96. The van der Waals surface area contributed by atoms with E-state index in [-0.39, 0.29) is 5.91 Å². The maximum atomic E-state index is 12.1. The average Bonchev–Trinajstić information content (AvgIpc) is 3.09. The monoisotopic (exact) mass is 350 g/mol. The summed E-state index contributed by atoms with van der Waals surface area (Å²) in [4.78, 5) is 18.5.